The molecule has 0 aliphatic heterocycles. The van der Waals surface area contributed by atoms with Crippen molar-refractivity contribution in [2.45, 2.75) is 0 Å². The number of methoxy groups -OCH3 is 1. The van der Waals surface area contributed by atoms with Gasteiger partial charge in [-0.15, -0.1) is 0 Å². The number of rotatable bonds is 5. The summed E-state index contributed by atoms with van der Waals surface area (Å²) in [7, 11) is 1.55. The van der Waals surface area contributed by atoms with Gasteiger partial charge in [-0.25, -0.2) is 4.98 Å². The Morgan fingerprint density at radius 2 is 1.73 bits per heavy atom. The van der Waals surface area contributed by atoms with Gasteiger partial charge in [0.2, 0.25) is 0 Å². The van der Waals surface area contributed by atoms with Crippen molar-refractivity contribution in [2.24, 2.45) is 0 Å². The topological polar surface area (TPSA) is 63.2 Å². The summed E-state index contributed by atoms with van der Waals surface area (Å²) in [6.07, 6.45) is 1.56. The molecule has 0 saturated heterocycles. The number of benzene rings is 2. The first-order valence-corrected chi connectivity index (χ1v) is 8.44. The lowest BCUT2D eigenvalue weighted by Gasteiger charge is -2.10. The van der Waals surface area contributed by atoms with Crippen molar-refractivity contribution in [1.82, 2.24) is 4.98 Å². The highest BCUT2D eigenvalue weighted by Crippen LogP contribution is 2.26. The van der Waals surface area contributed by atoms with Crippen LogP contribution in [0.5, 0.6) is 5.75 Å². The van der Waals surface area contributed by atoms with Crippen molar-refractivity contribution >= 4 is 46.2 Å². The molecule has 2 aromatic carbocycles. The van der Waals surface area contributed by atoms with Crippen LogP contribution in [0.2, 0.25) is 10.0 Å². The normalized spacial score (nSPS) is 10.3. The van der Waals surface area contributed by atoms with E-state index in [0.29, 0.717) is 27.2 Å². The number of nitrogens with one attached hydrogen (secondary N) is 2. The molecular weight excluding hydrogens is 373 g/mol. The maximum Gasteiger partial charge on any atom is 0.274 e. The summed E-state index contributed by atoms with van der Waals surface area (Å²) >= 11 is 12.0. The highest BCUT2D eigenvalue weighted by Gasteiger charge is 2.10. The van der Waals surface area contributed by atoms with E-state index < -0.39 is 0 Å². The Balaban J connectivity index is 1.71. The van der Waals surface area contributed by atoms with Crippen LogP contribution < -0.4 is 15.4 Å². The lowest BCUT2D eigenvalue weighted by molar-refractivity contribution is 0.102. The Labute approximate surface area is 160 Å². The maximum absolute atomic E-state index is 12.4. The number of ether oxygens (including phenoxy) is 1. The zero-order valence-electron chi connectivity index (χ0n) is 13.8. The standard InChI is InChI=1S/C19H15Cl2N3O2/c1-26-18-5-3-2-4-16(18)24-19(25)17-7-6-14(11-22-17)23-15-9-12(20)8-13(21)10-15/h2-11,23H,1H3,(H,24,25). The Morgan fingerprint density at radius 1 is 1.00 bits per heavy atom. The molecule has 0 aliphatic rings. The third-order valence-corrected chi connectivity index (χ3v) is 3.94. The van der Waals surface area contributed by atoms with E-state index in [1.54, 1.807) is 55.8 Å². The second-order valence-electron chi connectivity index (χ2n) is 5.37. The van der Waals surface area contributed by atoms with Crippen molar-refractivity contribution in [3.05, 3.63) is 76.5 Å². The highest BCUT2D eigenvalue weighted by atomic mass is 35.5. The van der Waals surface area contributed by atoms with E-state index in [1.165, 1.54) is 0 Å². The Morgan fingerprint density at radius 3 is 2.38 bits per heavy atom. The van der Waals surface area contributed by atoms with E-state index in [-0.39, 0.29) is 11.6 Å². The number of amides is 1. The van der Waals surface area contributed by atoms with Crippen molar-refractivity contribution in [1.29, 1.82) is 0 Å². The van der Waals surface area contributed by atoms with E-state index in [4.69, 9.17) is 27.9 Å². The Kier molecular flexibility index (Phi) is 5.61. The second kappa shape index (κ2) is 8.08. The van der Waals surface area contributed by atoms with E-state index in [1.807, 2.05) is 12.1 Å². The summed E-state index contributed by atoms with van der Waals surface area (Å²) in [6, 6.07) is 15.7. The SMILES string of the molecule is COc1ccccc1NC(=O)c1ccc(Nc2cc(Cl)cc(Cl)c2)cn1. The van der Waals surface area contributed by atoms with Crippen LogP contribution in [-0.4, -0.2) is 18.0 Å². The highest BCUT2D eigenvalue weighted by molar-refractivity contribution is 6.35. The number of carbonyl (C=O) groups excluding carboxylic acids is 1. The molecule has 0 unspecified atom stereocenters. The quantitative estimate of drug-likeness (QED) is 0.615. The molecule has 0 spiro atoms. The van der Waals surface area contributed by atoms with E-state index in [9.17, 15) is 4.79 Å². The van der Waals surface area contributed by atoms with Crippen molar-refractivity contribution in [3.8, 4) is 5.75 Å². The molecule has 1 amide bonds. The van der Waals surface area contributed by atoms with E-state index >= 15 is 0 Å². The van der Waals surface area contributed by atoms with Crippen LogP contribution in [0, 0.1) is 0 Å². The van der Waals surface area contributed by atoms with Crippen LogP contribution in [-0.2, 0) is 0 Å². The van der Waals surface area contributed by atoms with Gasteiger partial charge in [0.05, 0.1) is 24.7 Å². The minimum Gasteiger partial charge on any atom is -0.495 e. The molecule has 3 rings (SSSR count). The molecule has 7 heteroatoms. The van der Waals surface area contributed by atoms with Gasteiger partial charge in [0.25, 0.3) is 5.91 Å². The largest absolute Gasteiger partial charge is 0.495 e. The molecule has 0 bridgehead atoms. The minimum absolute atomic E-state index is 0.283. The predicted molar refractivity (Wildman–Crippen MR) is 105 cm³/mol. The molecule has 2 N–H and O–H groups in total. The predicted octanol–water partition coefficient (Wildman–Crippen LogP) is 5.39. The number of anilines is 3. The molecule has 0 fully saturated rings. The summed E-state index contributed by atoms with van der Waals surface area (Å²) in [5.41, 5.74) is 2.30. The van der Waals surface area contributed by atoms with Gasteiger partial charge >= 0.3 is 0 Å². The number of pyridine rings is 1. The van der Waals surface area contributed by atoms with Gasteiger partial charge in [-0.3, -0.25) is 4.79 Å². The Hall–Kier alpha value is -2.76. The lowest BCUT2D eigenvalue weighted by Crippen LogP contribution is -2.14. The van der Waals surface area contributed by atoms with Crippen molar-refractivity contribution in [3.63, 3.8) is 0 Å². The summed E-state index contributed by atoms with van der Waals surface area (Å²) < 4.78 is 5.22. The van der Waals surface area contributed by atoms with Crippen LogP contribution in [0.3, 0.4) is 0 Å². The first kappa shape index (κ1) is 18.0. The fourth-order valence-electron chi connectivity index (χ4n) is 2.33. The fourth-order valence-corrected chi connectivity index (χ4v) is 2.86. The number of hydrogen-bond acceptors (Lipinski definition) is 4. The molecule has 132 valence electrons. The zero-order chi connectivity index (χ0) is 18.5. The van der Waals surface area contributed by atoms with Gasteiger partial charge in [0.1, 0.15) is 11.4 Å². The molecule has 0 radical (unpaired) electrons. The summed E-state index contributed by atoms with van der Waals surface area (Å²) in [6.45, 7) is 0. The van der Waals surface area contributed by atoms with Gasteiger partial charge < -0.3 is 15.4 Å². The molecule has 1 aromatic heterocycles. The van der Waals surface area contributed by atoms with Gasteiger partial charge in [0, 0.05) is 15.7 Å². The zero-order valence-corrected chi connectivity index (χ0v) is 15.3. The number of aromatic nitrogens is 1. The average Bonchev–Trinajstić information content (AvgIpc) is 2.62. The van der Waals surface area contributed by atoms with Crippen molar-refractivity contribution < 1.29 is 9.53 Å². The van der Waals surface area contributed by atoms with E-state index in [0.717, 1.165) is 5.69 Å². The van der Waals surface area contributed by atoms with Crippen LogP contribution in [0.1, 0.15) is 10.5 Å². The van der Waals surface area contributed by atoms with Crippen molar-refractivity contribution in [2.75, 3.05) is 17.7 Å². The van der Waals surface area contributed by atoms with Gasteiger partial charge in [-0.1, -0.05) is 35.3 Å². The van der Waals surface area contributed by atoms with Crippen LogP contribution in [0.15, 0.2) is 60.8 Å². The van der Waals surface area contributed by atoms with Crippen LogP contribution >= 0.6 is 23.2 Å². The molecule has 26 heavy (non-hydrogen) atoms. The molecule has 0 atom stereocenters. The molecular formula is C19H15Cl2N3O2. The number of carbonyl (C=O) groups is 1. The van der Waals surface area contributed by atoms with Gasteiger partial charge in [-0.2, -0.15) is 0 Å². The smallest absolute Gasteiger partial charge is 0.274 e. The summed E-state index contributed by atoms with van der Waals surface area (Å²) in [5, 5.41) is 6.97. The van der Waals surface area contributed by atoms with Gasteiger partial charge in [0.15, 0.2) is 0 Å². The molecule has 0 aliphatic carbocycles. The lowest BCUT2D eigenvalue weighted by atomic mass is 10.2. The first-order valence-electron chi connectivity index (χ1n) is 7.69. The molecule has 3 aromatic rings. The number of para-hydroxylation sites is 2. The Bertz CT molecular complexity index is 910. The molecule has 5 nitrogen and oxygen atoms in total. The summed E-state index contributed by atoms with van der Waals surface area (Å²) in [5.74, 6) is 0.254. The van der Waals surface area contributed by atoms with Crippen LogP contribution in [0.4, 0.5) is 17.1 Å². The number of halogens is 2. The molecule has 1 heterocycles. The van der Waals surface area contributed by atoms with Crippen LogP contribution in [0.25, 0.3) is 0 Å². The summed E-state index contributed by atoms with van der Waals surface area (Å²) in [4.78, 5) is 16.5. The van der Waals surface area contributed by atoms with E-state index in [2.05, 4.69) is 15.6 Å². The third-order valence-electron chi connectivity index (χ3n) is 3.50. The number of hydrogen-bond donors (Lipinski definition) is 2. The van der Waals surface area contributed by atoms with Gasteiger partial charge in [-0.05, 0) is 42.5 Å². The molecule has 0 saturated carbocycles. The third kappa shape index (κ3) is 4.45. The minimum atomic E-state index is -0.327. The first-order chi connectivity index (χ1) is 12.5. The average molecular weight is 388 g/mol. The second-order valence-corrected chi connectivity index (χ2v) is 6.24. The number of nitrogens with zero attached hydrogens (tertiary/aromatic N) is 1. The monoisotopic (exact) mass is 387 g/mol. The fraction of sp³-hybridized carbons (Fsp3) is 0.0526. The maximum atomic E-state index is 12.4.